The van der Waals surface area contributed by atoms with Gasteiger partial charge in [0.25, 0.3) is 5.91 Å². The van der Waals surface area contributed by atoms with Gasteiger partial charge < -0.3 is 10.1 Å². The fraction of sp³-hybridized carbons (Fsp3) is 0.524. The van der Waals surface area contributed by atoms with E-state index in [4.69, 9.17) is 4.74 Å². The van der Waals surface area contributed by atoms with Crippen LogP contribution in [0.25, 0.3) is 0 Å². The van der Waals surface area contributed by atoms with E-state index in [1.807, 2.05) is 19.1 Å². The van der Waals surface area contributed by atoms with Gasteiger partial charge >= 0.3 is 0 Å². The second-order valence-electron chi connectivity index (χ2n) is 7.70. The minimum Gasteiger partial charge on any atom is -0.381 e. The quantitative estimate of drug-likeness (QED) is 0.801. The van der Waals surface area contributed by atoms with Gasteiger partial charge in [0.1, 0.15) is 10.7 Å². The normalized spacial score (nSPS) is 16.5. The number of hydrogen-bond acceptors (Lipinski definition) is 4. The van der Waals surface area contributed by atoms with Crippen molar-refractivity contribution >= 4 is 17.2 Å². The molecule has 1 N–H and O–H groups in total. The highest BCUT2D eigenvalue weighted by atomic mass is 32.1. The van der Waals surface area contributed by atoms with Crippen LogP contribution in [0, 0.1) is 18.7 Å². The molecule has 1 aliphatic rings. The number of aromatic nitrogens is 1. The molecular weight excluding hydrogens is 363 g/mol. The Morgan fingerprint density at radius 2 is 1.96 bits per heavy atom. The largest absolute Gasteiger partial charge is 0.381 e. The van der Waals surface area contributed by atoms with Crippen LogP contribution in [0.1, 0.15) is 52.6 Å². The molecule has 1 aromatic carbocycles. The first-order valence-corrected chi connectivity index (χ1v) is 10.3. The monoisotopic (exact) mass is 390 g/mol. The van der Waals surface area contributed by atoms with Crippen molar-refractivity contribution < 1.29 is 13.9 Å². The number of ether oxygens (including phenoxy) is 1. The third kappa shape index (κ3) is 4.74. The summed E-state index contributed by atoms with van der Waals surface area (Å²) < 4.78 is 18.9. The van der Waals surface area contributed by atoms with E-state index < -0.39 is 0 Å². The average molecular weight is 391 g/mol. The molecule has 1 aliphatic heterocycles. The first-order chi connectivity index (χ1) is 12.9. The second-order valence-corrected chi connectivity index (χ2v) is 8.79. The number of nitrogens with one attached hydrogen (secondary N) is 1. The first kappa shape index (κ1) is 20.0. The van der Waals surface area contributed by atoms with Gasteiger partial charge in [0, 0.05) is 31.6 Å². The summed E-state index contributed by atoms with van der Waals surface area (Å²) in [5.74, 6) is 0.186. The van der Waals surface area contributed by atoms with Crippen LogP contribution < -0.4 is 5.32 Å². The molecule has 2 aromatic rings. The lowest BCUT2D eigenvalue weighted by Crippen LogP contribution is -2.44. The number of amides is 1. The Morgan fingerprint density at radius 1 is 1.30 bits per heavy atom. The topological polar surface area (TPSA) is 51.2 Å². The lowest BCUT2D eigenvalue weighted by atomic mass is 9.74. The molecule has 0 bridgehead atoms. The number of thiazole rings is 1. The number of rotatable bonds is 6. The summed E-state index contributed by atoms with van der Waals surface area (Å²) in [5, 5.41) is 4.12. The number of nitrogens with zero attached hydrogens (tertiary/aromatic N) is 1. The molecule has 2 heterocycles. The first-order valence-electron chi connectivity index (χ1n) is 9.48. The Bertz CT molecular complexity index is 780. The van der Waals surface area contributed by atoms with Gasteiger partial charge in [-0.2, -0.15) is 0 Å². The lowest BCUT2D eigenvalue weighted by molar-refractivity contribution is 0.0487. The van der Waals surface area contributed by atoms with Crippen molar-refractivity contribution in [2.45, 2.75) is 45.4 Å². The number of hydrogen-bond donors (Lipinski definition) is 1. The second kappa shape index (κ2) is 8.48. The molecule has 1 amide bonds. The molecule has 0 saturated carbocycles. The van der Waals surface area contributed by atoms with Crippen LogP contribution in [0.15, 0.2) is 24.3 Å². The summed E-state index contributed by atoms with van der Waals surface area (Å²) in [5.41, 5.74) is 1.62. The van der Waals surface area contributed by atoms with Crippen LogP contribution in [-0.4, -0.2) is 30.6 Å². The van der Waals surface area contributed by atoms with Crippen LogP contribution in [0.3, 0.4) is 0 Å². The van der Waals surface area contributed by atoms with Gasteiger partial charge in [0.05, 0.1) is 10.7 Å². The van der Waals surface area contributed by atoms with Gasteiger partial charge in [0.15, 0.2) is 0 Å². The van der Waals surface area contributed by atoms with Crippen LogP contribution in [0.5, 0.6) is 0 Å². The van der Waals surface area contributed by atoms with E-state index in [-0.39, 0.29) is 17.1 Å². The number of halogens is 1. The molecule has 1 fully saturated rings. The number of carbonyl (C=O) groups excluding carboxylic acids is 1. The Labute approximate surface area is 164 Å². The van der Waals surface area contributed by atoms with E-state index in [0.29, 0.717) is 30.6 Å². The maximum Gasteiger partial charge on any atom is 0.263 e. The van der Waals surface area contributed by atoms with E-state index >= 15 is 0 Å². The molecule has 3 rings (SSSR count). The number of aryl methyl sites for hydroxylation is 1. The summed E-state index contributed by atoms with van der Waals surface area (Å²) in [6, 6.07) is 6.62. The summed E-state index contributed by atoms with van der Waals surface area (Å²) >= 11 is 1.48. The number of benzene rings is 1. The van der Waals surface area contributed by atoms with Gasteiger partial charge in [-0.1, -0.05) is 26.0 Å². The molecule has 1 aromatic heterocycles. The van der Waals surface area contributed by atoms with Gasteiger partial charge in [-0.05, 0) is 43.4 Å². The van der Waals surface area contributed by atoms with Crippen molar-refractivity contribution in [1.82, 2.24) is 10.3 Å². The van der Waals surface area contributed by atoms with Crippen molar-refractivity contribution in [2.24, 2.45) is 5.92 Å². The Balaban J connectivity index is 1.75. The summed E-state index contributed by atoms with van der Waals surface area (Å²) in [6.45, 7) is 7.98. The van der Waals surface area contributed by atoms with Crippen molar-refractivity contribution in [3.05, 3.63) is 51.2 Å². The van der Waals surface area contributed by atoms with Gasteiger partial charge in [0.2, 0.25) is 0 Å². The average Bonchev–Trinajstić information content (AvgIpc) is 3.00. The van der Waals surface area contributed by atoms with Crippen LogP contribution in [0.2, 0.25) is 0 Å². The van der Waals surface area contributed by atoms with Crippen LogP contribution in [0.4, 0.5) is 4.39 Å². The molecule has 27 heavy (non-hydrogen) atoms. The highest BCUT2D eigenvalue weighted by molar-refractivity contribution is 7.13. The predicted molar refractivity (Wildman–Crippen MR) is 106 cm³/mol. The predicted octanol–water partition coefficient (Wildman–Crippen LogP) is 4.27. The van der Waals surface area contributed by atoms with Crippen molar-refractivity contribution in [2.75, 3.05) is 19.8 Å². The minimum atomic E-state index is -0.247. The molecule has 146 valence electrons. The third-order valence-electron chi connectivity index (χ3n) is 5.12. The van der Waals surface area contributed by atoms with Gasteiger partial charge in [-0.15, -0.1) is 11.3 Å². The number of carbonyl (C=O) groups is 1. The summed E-state index contributed by atoms with van der Waals surface area (Å²) in [7, 11) is 0. The maximum absolute atomic E-state index is 13.4. The molecule has 0 spiro atoms. The van der Waals surface area contributed by atoms with Crippen LogP contribution >= 0.6 is 11.3 Å². The summed E-state index contributed by atoms with van der Waals surface area (Å²) in [4.78, 5) is 18.0. The maximum atomic E-state index is 13.4. The molecular formula is C21H27FN2O2S. The Morgan fingerprint density at radius 3 is 2.59 bits per heavy atom. The van der Waals surface area contributed by atoms with Crippen molar-refractivity contribution in [3.63, 3.8) is 0 Å². The Kier molecular flexibility index (Phi) is 6.27. The van der Waals surface area contributed by atoms with Crippen molar-refractivity contribution in [1.29, 1.82) is 0 Å². The molecule has 1 saturated heterocycles. The highest BCUT2D eigenvalue weighted by Crippen LogP contribution is 2.34. The lowest BCUT2D eigenvalue weighted by Gasteiger charge is -2.38. The van der Waals surface area contributed by atoms with E-state index in [2.05, 4.69) is 24.1 Å². The summed E-state index contributed by atoms with van der Waals surface area (Å²) in [6.07, 6.45) is 2.49. The van der Waals surface area contributed by atoms with Crippen LogP contribution in [-0.2, 0) is 16.6 Å². The molecule has 0 unspecified atom stereocenters. The van der Waals surface area contributed by atoms with Crippen molar-refractivity contribution in [3.8, 4) is 0 Å². The zero-order valence-electron chi connectivity index (χ0n) is 16.2. The van der Waals surface area contributed by atoms with E-state index in [1.54, 1.807) is 0 Å². The fourth-order valence-electron chi connectivity index (χ4n) is 3.56. The highest BCUT2D eigenvalue weighted by Gasteiger charge is 2.35. The zero-order valence-corrected chi connectivity index (χ0v) is 17.0. The molecule has 0 aliphatic carbocycles. The van der Waals surface area contributed by atoms with E-state index in [9.17, 15) is 9.18 Å². The molecule has 6 heteroatoms. The van der Waals surface area contributed by atoms with E-state index in [1.165, 1.54) is 23.5 Å². The zero-order chi connectivity index (χ0) is 19.4. The molecule has 0 atom stereocenters. The van der Waals surface area contributed by atoms with Gasteiger partial charge in [-0.25, -0.2) is 9.37 Å². The Hall–Kier alpha value is -1.79. The SMILES string of the molecule is Cc1nc(CC(C)C)sc1C(=O)NCC1(c2ccc(F)cc2)CCOCC1. The molecule has 4 nitrogen and oxygen atoms in total. The van der Waals surface area contributed by atoms with E-state index in [0.717, 1.165) is 35.5 Å². The molecule has 0 radical (unpaired) electrons. The smallest absolute Gasteiger partial charge is 0.263 e. The third-order valence-corrected chi connectivity index (χ3v) is 6.30. The standard InChI is InChI=1S/C21H27FN2O2S/c1-14(2)12-18-24-15(3)19(27-18)20(25)23-13-21(8-10-26-11-9-21)16-4-6-17(22)7-5-16/h4-7,14H,8-13H2,1-3H3,(H,23,25). The minimum absolute atomic E-state index is 0.0759. The fourth-order valence-corrected chi connectivity index (χ4v) is 4.76. The van der Waals surface area contributed by atoms with Gasteiger partial charge in [-0.3, -0.25) is 4.79 Å².